The van der Waals surface area contributed by atoms with E-state index in [2.05, 4.69) is 0 Å². The van der Waals surface area contributed by atoms with E-state index in [4.69, 9.17) is 23.7 Å². The van der Waals surface area contributed by atoms with E-state index in [0.29, 0.717) is 0 Å². The van der Waals surface area contributed by atoms with E-state index in [9.17, 15) is 91.9 Å². The van der Waals surface area contributed by atoms with Crippen molar-refractivity contribution in [1.82, 2.24) is 0 Å². The highest BCUT2D eigenvalue weighted by molar-refractivity contribution is 5.74. The third-order valence-electron chi connectivity index (χ3n) is 16.2. The molecule has 11 atom stereocenters. The molecular formula is C60H48O23. The van der Waals surface area contributed by atoms with Crippen molar-refractivity contribution in [2.75, 3.05) is 0 Å². The number of benzene rings is 8. The van der Waals surface area contributed by atoms with Gasteiger partial charge in [-0.3, -0.25) is 0 Å². The van der Waals surface area contributed by atoms with Gasteiger partial charge in [0.2, 0.25) is 0 Å². The van der Waals surface area contributed by atoms with E-state index in [1.165, 1.54) is 42.5 Å². The number of aliphatic hydroxyl groups is 4. The largest absolute Gasteiger partial charge is 0.508 e. The highest BCUT2D eigenvalue weighted by Gasteiger charge is 2.62. The molecule has 5 heterocycles. The molecule has 23 heteroatoms. The van der Waals surface area contributed by atoms with Crippen LogP contribution in [0.2, 0.25) is 0 Å². The number of hydrogen-bond acceptors (Lipinski definition) is 23. The summed E-state index contributed by atoms with van der Waals surface area (Å²) in [5.74, 6) is -18.7. The molecule has 0 fully saturated rings. The van der Waals surface area contributed by atoms with Crippen molar-refractivity contribution in [3.63, 3.8) is 0 Å². The van der Waals surface area contributed by atoms with E-state index >= 15 is 0 Å². The van der Waals surface area contributed by atoms with Crippen molar-refractivity contribution in [1.29, 1.82) is 0 Å². The van der Waals surface area contributed by atoms with E-state index in [0.717, 1.165) is 66.7 Å². The zero-order valence-electron chi connectivity index (χ0n) is 42.5. The van der Waals surface area contributed by atoms with E-state index in [-0.39, 0.29) is 73.7 Å². The maximum atomic E-state index is 13.2. The van der Waals surface area contributed by atoms with Crippen LogP contribution >= 0.6 is 0 Å². The quantitative estimate of drug-likeness (QED) is 0.0850. The van der Waals surface area contributed by atoms with Crippen LogP contribution in [0.25, 0.3) is 0 Å². The topological polar surface area (TPSA) is 410 Å². The summed E-state index contributed by atoms with van der Waals surface area (Å²) in [6, 6.07) is 20.5. The smallest absolute Gasteiger partial charge is 0.305 e. The number of phenols is 14. The third kappa shape index (κ3) is 7.72. The van der Waals surface area contributed by atoms with Crippen molar-refractivity contribution in [2.24, 2.45) is 0 Å². The molecule has 0 saturated carbocycles. The van der Waals surface area contributed by atoms with Gasteiger partial charge in [-0.15, -0.1) is 0 Å². The second kappa shape index (κ2) is 18.4. The summed E-state index contributed by atoms with van der Waals surface area (Å²) < 4.78 is 33.0. The van der Waals surface area contributed by atoms with Crippen LogP contribution in [0.15, 0.2) is 109 Å². The van der Waals surface area contributed by atoms with Crippen molar-refractivity contribution in [3.05, 3.63) is 170 Å². The zero-order chi connectivity index (χ0) is 58.6. The number of aromatic hydroxyl groups is 14. The highest BCUT2D eigenvalue weighted by atomic mass is 16.7. The van der Waals surface area contributed by atoms with Crippen LogP contribution in [0.4, 0.5) is 0 Å². The fraction of sp³-hybridized carbons (Fsp3) is 0.200. The SMILES string of the molecule is Oc1ccc([C@H]2Oc3cc(O)cc(O)c3[C@H](c3c(O)cc(O)c4c3O[C@@]3(c5ccc(O)c(O)c5)Oc5cc(O)c6c(c5[C@@H]4[C@H]3O)O[C@H](c3ccc(O)c(O)c3)[C@H](O)[C@H]6c3c(O)cc(O)c4c3O[C@H](c3ccc(O)c(O)c3)[C@H](O)C4)[C@H]2O)cc1. The van der Waals surface area contributed by atoms with Gasteiger partial charge in [0.05, 0.1) is 23.9 Å². The lowest BCUT2D eigenvalue weighted by Crippen LogP contribution is -2.58. The monoisotopic (exact) mass is 1140 g/mol. The van der Waals surface area contributed by atoms with Crippen molar-refractivity contribution in [3.8, 4) is 109 Å². The van der Waals surface area contributed by atoms with Crippen LogP contribution in [-0.2, 0) is 12.2 Å². The Balaban J connectivity index is 1.09. The van der Waals surface area contributed by atoms with Gasteiger partial charge in [0.25, 0.3) is 0 Å². The van der Waals surface area contributed by atoms with Gasteiger partial charge in [-0.2, -0.15) is 0 Å². The fourth-order valence-electron chi connectivity index (χ4n) is 12.5. The number of hydrogen-bond donors (Lipinski definition) is 18. The number of aliphatic hydroxyl groups excluding tert-OH is 4. The van der Waals surface area contributed by atoms with E-state index < -0.39 is 169 Å². The fourth-order valence-corrected chi connectivity index (χ4v) is 12.5. The van der Waals surface area contributed by atoms with Gasteiger partial charge in [0.15, 0.2) is 46.7 Å². The van der Waals surface area contributed by atoms with Gasteiger partial charge in [0, 0.05) is 81.3 Å². The molecule has 83 heavy (non-hydrogen) atoms. The number of rotatable bonds is 6. The zero-order valence-corrected chi connectivity index (χ0v) is 42.5. The van der Waals surface area contributed by atoms with Crippen molar-refractivity contribution < 1.29 is 116 Å². The first-order valence-electron chi connectivity index (χ1n) is 25.6. The third-order valence-corrected chi connectivity index (χ3v) is 16.2. The summed E-state index contributed by atoms with van der Waals surface area (Å²) in [6.45, 7) is 0. The van der Waals surface area contributed by atoms with Crippen LogP contribution in [0, 0.1) is 0 Å². The van der Waals surface area contributed by atoms with Crippen LogP contribution in [0.1, 0.15) is 97.3 Å². The molecule has 13 rings (SSSR count). The molecule has 0 radical (unpaired) electrons. The predicted molar refractivity (Wildman–Crippen MR) is 281 cm³/mol. The highest BCUT2D eigenvalue weighted by Crippen LogP contribution is 2.68. The minimum absolute atomic E-state index is 0.0590. The predicted octanol–water partition coefficient (Wildman–Crippen LogP) is 5.99. The Kier molecular flexibility index (Phi) is 11.6. The first kappa shape index (κ1) is 52.2. The second-order valence-corrected chi connectivity index (χ2v) is 21.0. The average molecular weight is 1140 g/mol. The van der Waals surface area contributed by atoms with Gasteiger partial charge < -0.3 is 116 Å². The molecule has 18 N–H and O–H groups in total. The molecule has 0 unspecified atom stereocenters. The molecule has 0 aliphatic carbocycles. The molecule has 0 amide bonds. The molecule has 8 aromatic rings. The first-order valence-corrected chi connectivity index (χ1v) is 25.6. The van der Waals surface area contributed by atoms with Gasteiger partial charge in [-0.25, -0.2) is 0 Å². The molecule has 5 aliphatic rings. The van der Waals surface area contributed by atoms with Gasteiger partial charge in [-0.05, 0) is 71.3 Å². The van der Waals surface area contributed by atoms with E-state index in [1.54, 1.807) is 0 Å². The van der Waals surface area contributed by atoms with Crippen LogP contribution < -0.4 is 23.7 Å². The van der Waals surface area contributed by atoms with Crippen LogP contribution in [0.3, 0.4) is 0 Å². The molecule has 0 aromatic heterocycles. The Morgan fingerprint density at radius 1 is 0.337 bits per heavy atom. The standard InChI is InChI=1S/C60H48O23/c61-24-6-1-20(2-7-24)54-51(76)48(42-34(70)14-25(62)15-40(42)79-54)45-36(72)18-37(73)46-50-47-41(82-60(59(50)78,83-58(45)46)23-5-10-29(65)33(69)13-23)19-38(74)44-49(52(77)55(81-57(44)47)22-4-9-28(64)32(68)12-22)43-35(71)17-30(66)26-16-39(75)53(80-56(26)43)21-3-8-27(63)31(67)11-21/h1-15,17-19,39,48-55,59,61-78H,16H2/t39-,48-,49+,50-,51-,52-,53-,54-,55-,59-,60-/m1/s1. The van der Waals surface area contributed by atoms with Gasteiger partial charge in [0.1, 0.15) is 99.2 Å². The molecule has 0 saturated heterocycles. The molecule has 5 aliphatic heterocycles. The second-order valence-electron chi connectivity index (χ2n) is 21.0. The molecular weight excluding hydrogens is 1090 g/mol. The Morgan fingerprint density at radius 3 is 1.46 bits per heavy atom. The van der Waals surface area contributed by atoms with Crippen LogP contribution in [0.5, 0.6) is 109 Å². The summed E-state index contributed by atoms with van der Waals surface area (Å²) in [4.78, 5) is 0. The lowest BCUT2D eigenvalue weighted by molar-refractivity contribution is -0.219. The Bertz CT molecular complexity index is 4030. The van der Waals surface area contributed by atoms with Gasteiger partial charge in [-0.1, -0.05) is 24.3 Å². The van der Waals surface area contributed by atoms with Crippen molar-refractivity contribution in [2.45, 2.75) is 72.7 Å². The molecule has 23 nitrogen and oxygen atoms in total. The number of phenolic OH excluding ortho intramolecular Hbond substituents is 14. The minimum Gasteiger partial charge on any atom is -0.508 e. The molecule has 0 spiro atoms. The Labute approximate surface area is 466 Å². The maximum absolute atomic E-state index is 13.2. The number of fused-ring (bicyclic) bond motifs is 10. The lowest BCUT2D eigenvalue weighted by atomic mass is 9.70. The minimum atomic E-state index is -2.69. The Hall–Kier alpha value is -10.2. The first-order chi connectivity index (χ1) is 39.5. The average Bonchev–Trinajstić information content (AvgIpc) is 1.53. The van der Waals surface area contributed by atoms with Crippen LogP contribution in [-0.4, -0.2) is 116 Å². The number of ether oxygens (including phenoxy) is 5. The summed E-state index contributed by atoms with van der Waals surface area (Å²) >= 11 is 0. The van der Waals surface area contributed by atoms with Crippen molar-refractivity contribution >= 4 is 0 Å². The summed E-state index contributed by atoms with van der Waals surface area (Å²) in [5, 5.41) is 207. The molecule has 426 valence electrons. The lowest BCUT2D eigenvalue weighted by Gasteiger charge is -2.52. The summed E-state index contributed by atoms with van der Waals surface area (Å²) in [7, 11) is 0. The Morgan fingerprint density at radius 2 is 0.831 bits per heavy atom. The van der Waals surface area contributed by atoms with Gasteiger partial charge >= 0.3 is 5.79 Å². The summed E-state index contributed by atoms with van der Waals surface area (Å²) in [6.07, 6.45) is -12.4. The normalized spacial score (nSPS) is 25.3. The molecule has 2 bridgehead atoms. The van der Waals surface area contributed by atoms with E-state index in [1.807, 2.05) is 0 Å². The molecule has 8 aromatic carbocycles. The summed E-state index contributed by atoms with van der Waals surface area (Å²) in [5.41, 5.74) is -2.11. The maximum Gasteiger partial charge on any atom is 0.305 e.